The molecule has 0 radical (unpaired) electrons. The monoisotopic (exact) mass is 357 g/mol. The number of aromatic nitrogens is 1. The highest BCUT2D eigenvalue weighted by Crippen LogP contribution is 2.15. The van der Waals surface area contributed by atoms with Gasteiger partial charge in [-0.25, -0.2) is 4.39 Å². The Kier molecular flexibility index (Phi) is 5.78. The number of hydrogen-bond acceptors (Lipinski definition) is 4. The molecular formula is C19H20FN3O3. The van der Waals surface area contributed by atoms with E-state index in [9.17, 15) is 14.0 Å². The molecule has 26 heavy (non-hydrogen) atoms. The number of benzene rings is 1. The highest BCUT2D eigenvalue weighted by molar-refractivity contribution is 5.94. The van der Waals surface area contributed by atoms with Crippen LogP contribution in [0, 0.1) is 5.82 Å². The van der Waals surface area contributed by atoms with Crippen LogP contribution < -0.4 is 4.74 Å². The van der Waals surface area contributed by atoms with E-state index in [0.717, 1.165) is 0 Å². The molecule has 2 heterocycles. The fourth-order valence-electron chi connectivity index (χ4n) is 2.84. The lowest BCUT2D eigenvalue weighted by Crippen LogP contribution is -2.39. The van der Waals surface area contributed by atoms with Crippen LogP contribution in [0.1, 0.15) is 16.8 Å². The summed E-state index contributed by atoms with van der Waals surface area (Å²) in [6, 6.07) is 9.34. The molecular weight excluding hydrogens is 337 g/mol. The van der Waals surface area contributed by atoms with E-state index in [0.29, 0.717) is 38.2 Å². The molecule has 0 saturated carbocycles. The molecule has 1 aromatic heterocycles. The summed E-state index contributed by atoms with van der Waals surface area (Å²) in [6.07, 6.45) is 3.85. The molecule has 0 aliphatic carbocycles. The largest absolute Gasteiger partial charge is 0.481 e. The Balaban J connectivity index is 1.54. The van der Waals surface area contributed by atoms with Gasteiger partial charge in [-0.05, 0) is 30.7 Å². The molecule has 3 rings (SSSR count). The summed E-state index contributed by atoms with van der Waals surface area (Å²) in [5.74, 6) is -0.716. The third-order valence-electron chi connectivity index (χ3n) is 4.25. The van der Waals surface area contributed by atoms with E-state index >= 15 is 0 Å². The number of hydrogen-bond donors (Lipinski definition) is 0. The van der Waals surface area contributed by atoms with E-state index in [1.165, 1.54) is 12.1 Å². The van der Waals surface area contributed by atoms with Crippen molar-refractivity contribution in [3.8, 4) is 5.75 Å². The lowest BCUT2D eigenvalue weighted by atomic mass is 10.2. The molecule has 1 aliphatic heterocycles. The van der Waals surface area contributed by atoms with Crippen LogP contribution in [-0.2, 0) is 4.79 Å². The quantitative estimate of drug-likeness (QED) is 0.839. The van der Waals surface area contributed by atoms with Crippen LogP contribution in [0.5, 0.6) is 5.75 Å². The van der Waals surface area contributed by atoms with Crippen molar-refractivity contribution in [2.45, 2.75) is 6.42 Å². The summed E-state index contributed by atoms with van der Waals surface area (Å²) >= 11 is 0. The molecule has 0 atom stereocenters. The van der Waals surface area contributed by atoms with Gasteiger partial charge in [-0.15, -0.1) is 0 Å². The first-order chi connectivity index (χ1) is 12.6. The smallest absolute Gasteiger partial charge is 0.260 e. The predicted molar refractivity (Wildman–Crippen MR) is 93.2 cm³/mol. The van der Waals surface area contributed by atoms with Crippen LogP contribution in [0.25, 0.3) is 0 Å². The lowest BCUT2D eigenvalue weighted by Gasteiger charge is -2.22. The van der Waals surface area contributed by atoms with Crippen LogP contribution in [0.3, 0.4) is 0 Å². The minimum atomic E-state index is -0.495. The van der Waals surface area contributed by atoms with Gasteiger partial charge in [0.05, 0.1) is 0 Å². The third-order valence-corrected chi connectivity index (χ3v) is 4.25. The molecule has 7 heteroatoms. The number of carbonyl (C=O) groups is 2. The van der Waals surface area contributed by atoms with Gasteiger partial charge in [-0.3, -0.25) is 14.6 Å². The first-order valence-electron chi connectivity index (χ1n) is 8.49. The zero-order valence-electron chi connectivity index (χ0n) is 14.3. The van der Waals surface area contributed by atoms with Crippen molar-refractivity contribution in [2.75, 3.05) is 32.8 Å². The summed E-state index contributed by atoms with van der Waals surface area (Å²) in [5.41, 5.74) is 0.586. The van der Waals surface area contributed by atoms with E-state index in [2.05, 4.69) is 4.98 Å². The molecule has 1 saturated heterocycles. The van der Waals surface area contributed by atoms with Crippen LogP contribution in [0.15, 0.2) is 48.8 Å². The number of ether oxygens (including phenoxy) is 1. The number of pyridine rings is 1. The van der Waals surface area contributed by atoms with Crippen molar-refractivity contribution in [1.82, 2.24) is 14.8 Å². The van der Waals surface area contributed by atoms with Crippen molar-refractivity contribution in [3.63, 3.8) is 0 Å². The lowest BCUT2D eigenvalue weighted by molar-refractivity contribution is -0.133. The summed E-state index contributed by atoms with van der Waals surface area (Å²) in [7, 11) is 0. The topological polar surface area (TPSA) is 62.7 Å². The highest BCUT2D eigenvalue weighted by Gasteiger charge is 2.23. The number of rotatable bonds is 4. The number of carbonyl (C=O) groups excluding carboxylic acids is 2. The van der Waals surface area contributed by atoms with Crippen LogP contribution in [0.4, 0.5) is 4.39 Å². The summed E-state index contributed by atoms with van der Waals surface area (Å²) in [4.78, 5) is 32.2. The van der Waals surface area contributed by atoms with Crippen LogP contribution in [-0.4, -0.2) is 59.4 Å². The van der Waals surface area contributed by atoms with E-state index in [4.69, 9.17) is 4.74 Å². The summed E-state index contributed by atoms with van der Waals surface area (Å²) in [5, 5.41) is 0. The fraction of sp³-hybridized carbons (Fsp3) is 0.316. The van der Waals surface area contributed by atoms with E-state index in [-0.39, 0.29) is 24.2 Å². The van der Waals surface area contributed by atoms with Crippen LogP contribution in [0.2, 0.25) is 0 Å². The third kappa shape index (κ3) is 4.36. The van der Waals surface area contributed by atoms with Crippen LogP contribution >= 0.6 is 0 Å². The first-order valence-corrected chi connectivity index (χ1v) is 8.49. The molecule has 1 fully saturated rings. The minimum absolute atomic E-state index is 0.0603. The maximum atomic E-state index is 13.6. The highest BCUT2D eigenvalue weighted by atomic mass is 19.1. The van der Waals surface area contributed by atoms with Gasteiger partial charge in [0, 0.05) is 44.1 Å². The molecule has 2 aromatic rings. The number of nitrogens with zero attached hydrogens (tertiary/aromatic N) is 3. The van der Waals surface area contributed by atoms with Gasteiger partial charge in [0.1, 0.15) is 0 Å². The number of halogens is 1. The molecule has 6 nitrogen and oxygen atoms in total. The maximum Gasteiger partial charge on any atom is 0.260 e. The van der Waals surface area contributed by atoms with E-state index in [1.807, 2.05) is 0 Å². The molecule has 1 aliphatic rings. The maximum absolute atomic E-state index is 13.6. The molecule has 0 spiro atoms. The second kappa shape index (κ2) is 8.42. The fourth-order valence-corrected chi connectivity index (χ4v) is 2.84. The van der Waals surface area contributed by atoms with Gasteiger partial charge in [0.15, 0.2) is 18.2 Å². The Hall–Kier alpha value is -2.96. The first kappa shape index (κ1) is 17.8. The van der Waals surface area contributed by atoms with E-state index < -0.39 is 5.82 Å². The van der Waals surface area contributed by atoms with Gasteiger partial charge in [-0.1, -0.05) is 12.1 Å². The van der Waals surface area contributed by atoms with Gasteiger partial charge < -0.3 is 14.5 Å². The Morgan fingerprint density at radius 1 is 1.00 bits per heavy atom. The minimum Gasteiger partial charge on any atom is -0.481 e. The molecule has 0 bridgehead atoms. The second-order valence-corrected chi connectivity index (χ2v) is 5.98. The van der Waals surface area contributed by atoms with Crippen molar-refractivity contribution < 1.29 is 18.7 Å². The zero-order chi connectivity index (χ0) is 18.4. The van der Waals surface area contributed by atoms with Gasteiger partial charge in [-0.2, -0.15) is 0 Å². The Bertz CT molecular complexity index is 770. The number of para-hydroxylation sites is 1. The van der Waals surface area contributed by atoms with Crippen molar-refractivity contribution in [2.24, 2.45) is 0 Å². The second-order valence-electron chi connectivity index (χ2n) is 5.98. The average molecular weight is 357 g/mol. The normalized spacial score (nSPS) is 14.7. The predicted octanol–water partition coefficient (Wildman–Crippen LogP) is 1.97. The molecule has 2 amide bonds. The summed E-state index contributed by atoms with van der Waals surface area (Å²) < 4.78 is 18.8. The van der Waals surface area contributed by atoms with E-state index in [1.54, 1.807) is 46.5 Å². The van der Waals surface area contributed by atoms with Gasteiger partial charge in [0.25, 0.3) is 11.8 Å². The zero-order valence-corrected chi connectivity index (χ0v) is 14.3. The Morgan fingerprint density at radius 3 is 2.46 bits per heavy atom. The SMILES string of the molecule is O=C(COc1ccccc1F)N1CCCN(C(=O)c2ccncc2)CC1. The van der Waals surface area contributed by atoms with Gasteiger partial charge in [0.2, 0.25) is 0 Å². The Labute approximate surface area is 151 Å². The molecule has 136 valence electrons. The van der Waals surface area contributed by atoms with Gasteiger partial charge >= 0.3 is 0 Å². The number of amides is 2. The summed E-state index contributed by atoms with van der Waals surface area (Å²) in [6.45, 7) is 1.78. The van der Waals surface area contributed by atoms with Crippen molar-refractivity contribution in [1.29, 1.82) is 0 Å². The average Bonchev–Trinajstić information content (AvgIpc) is 2.93. The standard InChI is InChI=1S/C19H20FN3O3/c20-16-4-1-2-5-17(16)26-14-18(24)22-10-3-11-23(13-12-22)19(25)15-6-8-21-9-7-15/h1-2,4-9H,3,10-14H2. The Morgan fingerprint density at radius 2 is 1.69 bits per heavy atom. The molecule has 0 N–H and O–H groups in total. The molecule has 0 unspecified atom stereocenters. The molecule has 1 aromatic carbocycles. The van der Waals surface area contributed by atoms with Crippen molar-refractivity contribution in [3.05, 3.63) is 60.2 Å². The van der Waals surface area contributed by atoms with Crippen molar-refractivity contribution >= 4 is 11.8 Å².